The second kappa shape index (κ2) is 9.81. The largest absolute Gasteiger partial charge is 1.00 e. The van der Waals surface area contributed by atoms with Gasteiger partial charge in [-0.2, -0.15) is 10.4 Å². The van der Waals surface area contributed by atoms with Crippen molar-refractivity contribution in [3.05, 3.63) is 0 Å². The maximum absolute atomic E-state index is 9.21. The van der Waals surface area contributed by atoms with E-state index in [2.05, 4.69) is 13.8 Å². The van der Waals surface area contributed by atoms with Gasteiger partial charge in [-0.15, -0.1) is 0 Å². The zero-order valence-corrected chi connectivity index (χ0v) is 12.4. The second-order valence-corrected chi connectivity index (χ2v) is 4.39. The van der Waals surface area contributed by atoms with Crippen LogP contribution in [0.1, 0.15) is 52.4 Å². The molecule has 0 aromatic heterocycles. The van der Waals surface area contributed by atoms with Crippen molar-refractivity contribution in [2.45, 2.75) is 52.4 Å². The minimum absolute atomic E-state index is 0. The topological polar surface area (TPSA) is 40.5 Å². The average Bonchev–Trinajstić information content (AvgIpc) is 2.08. The lowest BCUT2D eigenvalue weighted by atomic mass is 9.98. The van der Waals surface area contributed by atoms with Crippen LogP contribution < -0.4 is 24.0 Å². The smallest absolute Gasteiger partial charge is 0.144 e. The highest BCUT2D eigenvalue weighted by molar-refractivity contribution is 4.55. The highest BCUT2D eigenvalue weighted by atomic mass is 127. The van der Waals surface area contributed by atoms with Crippen molar-refractivity contribution in [2.24, 2.45) is 5.92 Å². The third-order valence-corrected chi connectivity index (χ3v) is 2.65. The van der Waals surface area contributed by atoms with Crippen molar-refractivity contribution < 1.29 is 39.2 Å². The summed E-state index contributed by atoms with van der Waals surface area (Å²) in [5.74, 6) is 0.437. The minimum atomic E-state index is -0.883. The molecule has 0 rings (SSSR count). The Morgan fingerprint density at radius 2 is 1.67 bits per heavy atom. The molecule has 1 atom stereocenters. The molecule has 0 bridgehead atoms. The molecule has 94 valence electrons. The van der Waals surface area contributed by atoms with Crippen molar-refractivity contribution in [1.29, 1.82) is 0 Å². The molecular weight excluding hydrogens is 305 g/mol. The highest BCUT2D eigenvalue weighted by Gasteiger charge is 2.21. The third kappa shape index (κ3) is 12.5. The molecule has 0 aromatic carbocycles. The molecule has 0 amide bonds. The zero-order chi connectivity index (χ0) is 11.0. The first-order chi connectivity index (χ1) is 6.49. The normalized spacial score (nSPS) is 13.4. The molecule has 0 aliphatic rings. The van der Waals surface area contributed by atoms with E-state index in [1.165, 1.54) is 32.7 Å². The predicted octanol–water partition coefficient (Wildman–Crippen LogP) is 0.212. The van der Waals surface area contributed by atoms with Crippen LogP contribution in [0.3, 0.4) is 0 Å². The molecule has 3 nitrogen and oxygen atoms in total. The van der Waals surface area contributed by atoms with Gasteiger partial charge >= 0.3 is 0 Å². The summed E-state index contributed by atoms with van der Waals surface area (Å²) in [6, 6.07) is 0. The van der Waals surface area contributed by atoms with Gasteiger partial charge in [-0.25, -0.2) is 0 Å². The Labute approximate surface area is 111 Å². The van der Waals surface area contributed by atoms with Gasteiger partial charge in [0.25, 0.3) is 0 Å². The van der Waals surface area contributed by atoms with E-state index in [-0.39, 0.29) is 24.0 Å². The third-order valence-electron chi connectivity index (χ3n) is 2.65. The number of unbranched alkanes of at least 4 members (excludes halogenated alkanes) is 3. The Morgan fingerprint density at radius 3 is 2.07 bits per heavy atom. The van der Waals surface area contributed by atoms with Crippen LogP contribution in [0.4, 0.5) is 0 Å². The van der Waals surface area contributed by atoms with Crippen LogP contribution in [0.5, 0.6) is 0 Å². The monoisotopic (exact) mass is 331 g/mol. The van der Waals surface area contributed by atoms with E-state index in [1.54, 1.807) is 0 Å². The van der Waals surface area contributed by atoms with Crippen LogP contribution in [0.25, 0.3) is 0 Å². The Balaban J connectivity index is 0. The maximum atomic E-state index is 9.21. The number of hydroxylamine groups is 4. The molecule has 0 radical (unpaired) electrons. The lowest BCUT2D eigenvalue weighted by Gasteiger charge is -2.21. The Morgan fingerprint density at radius 1 is 1.07 bits per heavy atom. The first-order valence-electron chi connectivity index (χ1n) is 5.80. The van der Waals surface area contributed by atoms with Gasteiger partial charge in [0, 0.05) is 5.92 Å². The summed E-state index contributed by atoms with van der Waals surface area (Å²) in [5.41, 5.74) is 0. The van der Waals surface area contributed by atoms with Gasteiger partial charge < -0.3 is 24.0 Å². The zero-order valence-electron chi connectivity index (χ0n) is 10.2. The van der Waals surface area contributed by atoms with Gasteiger partial charge in [0.15, 0.2) is 0 Å². The van der Waals surface area contributed by atoms with E-state index in [0.29, 0.717) is 12.5 Å². The van der Waals surface area contributed by atoms with Gasteiger partial charge in [-0.05, 0) is 12.8 Å². The summed E-state index contributed by atoms with van der Waals surface area (Å²) in [5, 5.41) is 18.4. The molecular formula is C11H26INO2. The molecule has 0 saturated carbocycles. The first-order valence-corrected chi connectivity index (χ1v) is 5.80. The first kappa shape index (κ1) is 18.0. The number of rotatable bonds is 8. The number of nitrogens with zero attached hydrogens (tertiary/aromatic N) is 1. The van der Waals surface area contributed by atoms with Gasteiger partial charge in [-0.1, -0.05) is 44.3 Å². The molecule has 0 saturated heterocycles. The Kier molecular flexibility index (Phi) is 11.8. The van der Waals surface area contributed by atoms with Crippen molar-refractivity contribution in [3.8, 4) is 0 Å². The van der Waals surface area contributed by atoms with Gasteiger partial charge in [0.1, 0.15) is 13.6 Å². The number of hydrogen-bond donors (Lipinski definition) is 2. The van der Waals surface area contributed by atoms with Gasteiger partial charge in [0.2, 0.25) is 0 Å². The van der Waals surface area contributed by atoms with E-state index in [4.69, 9.17) is 0 Å². The van der Waals surface area contributed by atoms with Gasteiger partial charge in [-0.3, -0.25) is 0 Å². The average molecular weight is 331 g/mol. The summed E-state index contributed by atoms with van der Waals surface area (Å²) in [4.78, 5) is -0.883. The Bertz CT molecular complexity index is 137. The molecule has 2 N–H and O–H groups in total. The van der Waals surface area contributed by atoms with E-state index in [0.717, 1.165) is 12.8 Å². The molecule has 0 aliphatic carbocycles. The van der Waals surface area contributed by atoms with Crippen molar-refractivity contribution in [3.63, 3.8) is 0 Å². The molecule has 0 spiro atoms. The number of hydrogen-bond acceptors (Lipinski definition) is 2. The SMILES string of the molecule is CCCCCCC(CC)C[N+](C)(O)O.[I-]. The molecule has 0 aliphatic heterocycles. The fraction of sp³-hybridized carbons (Fsp3) is 1.00. The van der Waals surface area contributed by atoms with Crippen molar-refractivity contribution in [2.75, 3.05) is 13.6 Å². The number of quaternary nitrogens is 1. The van der Waals surface area contributed by atoms with E-state index in [1.807, 2.05) is 0 Å². The molecule has 1 unspecified atom stereocenters. The summed E-state index contributed by atoms with van der Waals surface area (Å²) in [6.45, 7) is 4.76. The van der Waals surface area contributed by atoms with Crippen LogP contribution in [0, 0.1) is 5.92 Å². The fourth-order valence-corrected chi connectivity index (χ4v) is 1.77. The summed E-state index contributed by atoms with van der Waals surface area (Å²) in [7, 11) is 1.41. The van der Waals surface area contributed by atoms with Crippen molar-refractivity contribution >= 4 is 0 Å². The fourth-order valence-electron chi connectivity index (χ4n) is 1.77. The van der Waals surface area contributed by atoms with Crippen molar-refractivity contribution in [1.82, 2.24) is 0 Å². The van der Waals surface area contributed by atoms with E-state index < -0.39 is 4.81 Å². The standard InChI is InChI=1S/C11H26NO2.HI/c1-4-6-7-8-9-11(5-2)10-12(3,13)14;/h11,13-14H,4-10H2,1-3H3;1H/q+1;/p-1. The number of halogens is 1. The van der Waals surface area contributed by atoms with E-state index in [9.17, 15) is 10.4 Å². The van der Waals surface area contributed by atoms with Crippen LogP contribution in [-0.4, -0.2) is 28.8 Å². The molecule has 0 heterocycles. The molecule has 0 fully saturated rings. The van der Waals surface area contributed by atoms with Crippen LogP contribution in [0.2, 0.25) is 0 Å². The highest BCUT2D eigenvalue weighted by Crippen LogP contribution is 2.16. The molecule has 4 heteroatoms. The second-order valence-electron chi connectivity index (χ2n) is 4.39. The van der Waals surface area contributed by atoms with Crippen LogP contribution in [-0.2, 0) is 0 Å². The predicted molar refractivity (Wildman–Crippen MR) is 57.2 cm³/mol. The summed E-state index contributed by atoms with van der Waals surface area (Å²) in [6.07, 6.45) is 7.18. The van der Waals surface area contributed by atoms with Crippen LogP contribution >= 0.6 is 0 Å². The summed E-state index contributed by atoms with van der Waals surface area (Å²) < 4.78 is 0. The molecule has 0 aromatic rings. The van der Waals surface area contributed by atoms with E-state index >= 15 is 0 Å². The van der Waals surface area contributed by atoms with Gasteiger partial charge in [0.05, 0.1) is 0 Å². The summed E-state index contributed by atoms with van der Waals surface area (Å²) >= 11 is 0. The lowest BCUT2D eigenvalue weighted by Crippen LogP contribution is -3.00. The molecule has 15 heavy (non-hydrogen) atoms. The minimum Gasteiger partial charge on any atom is -1.00 e. The van der Waals surface area contributed by atoms with Crippen LogP contribution in [0.15, 0.2) is 0 Å². The lowest BCUT2D eigenvalue weighted by molar-refractivity contribution is -1.23. The quantitative estimate of drug-likeness (QED) is 0.289. The maximum Gasteiger partial charge on any atom is 0.144 e. The Hall–Kier alpha value is 0.610.